The van der Waals surface area contributed by atoms with Crippen molar-refractivity contribution in [2.45, 2.75) is 32.0 Å². The van der Waals surface area contributed by atoms with E-state index in [9.17, 15) is 4.39 Å². The summed E-state index contributed by atoms with van der Waals surface area (Å²) >= 11 is 0. The van der Waals surface area contributed by atoms with E-state index in [4.69, 9.17) is 14.0 Å². The van der Waals surface area contributed by atoms with Gasteiger partial charge in [-0.3, -0.25) is 0 Å². The Kier molecular flexibility index (Phi) is 6.15. The van der Waals surface area contributed by atoms with Crippen LogP contribution in [0.25, 0.3) is 22.8 Å². The van der Waals surface area contributed by atoms with Gasteiger partial charge in [0.1, 0.15) is 30.0 Å². The smallest absolute Gasteiger partial charge is 0.258 e. The average molecular weight is 442 g/mol. The van der Waals surface area contributed by atoms with Gasteiger partial charge in [-0.1, -0.05) is 35.5 Å². The standard InChI is InChI=1S/C27H23FN2O3/c28-24-8-4-5-9-25(24)32-23-16-10-20(11-17-23)26-29-27(33-30-26)21-12-14-22(15-13-21)31-18-19-6-2-1-3-7-19/h1-3,6-8,10-17,25H,4-5,9,18H2. The van der Waals surface area contributed by atoms with Gasteiger partial charge in [0.2, 0.25) is 5.82 Å². The molecule has 5 rings (SSSR count). The molecule has 1 aromatic heterocycles. The molecule has 1 unspecified atom stereocenters. The number of halogens is 1. The molecule has 5 nitrogen and oxygen atoms in total. The van der Waals surface area contributed by atoms with Crippen LogP contribution in [0.15, 0.2) is 95.3 Å². The van der Waals surface area contributed by atoms with Gasteiger partial charge in [-0.2, -0.15) is 4.98 Å². The quantitative estimate of drug-likeness (QED) is 0.316. The van der Waals surface area contributed by atoms with Crippen LogP contribution in [-0.4, -0.2) is 16.2 Å². The third-order valence-corrected chi connectivity index (χ3v) is 5.48. The zero-order chi connectivity index (χ0) is 22.5. The highest BCUT2D eigenvalue weighted by atomic mass is 19.1. The maximum absolute atomic E-state index is 13.9. The normalized spacial score (nSPS) is 15.7. The summed E-state index contributed by atoms with van der Waals surface area (Å²) in [4.78, 5) is 4.50. The molecule has 166 valence electrons. The largest absolute Gasteiger partial charge is 0.489 e. The van der Waals surface area contributed by atoms with E-state index in [0.717, 1.165) is 35.3 Å². The van der Waals surface area contributed by atoms with E-state index in [-0.39, 0.29) is 5.83 Å². The van der Waals surface area contributed by atoms with Crippen molar-refractivity contribution in [1.29, 1.82) is 0 Å². The fourth-order valence-corrected chi connectivity index (χ4v) is 3.67. The molecule has 4 aromatic rings. The van der Waals surface area contributed by atoms with Crippen molar-refractivity contribution >= 4 is 0 Å². The van der Waals surface area contributed by atoms with Gasteiger partial charge in [-0.25, -0.2) is 4.39 Å². The van der Waals surface area contributed by atoms with Crippen molar-refractivity contribution in [2.75, 3.05) is 0 Å². The lowest BCUT2D eigenvalue weighted by Gasteiger charge is -2.20. The highest BCUT2D eigenvalue weighted by Crippen LogP contribution is 2.28. The Morgan fingerprint density at radius 2 is 1.61 bits per heavy atom. The molecule has 0 spiro atoms. The molecule has 1 aliphatic carbocycles. The van der Waals surface area contributed by atoms with Gasteiger partial charge in [0.25, 0.3) is 5.89 Å². The average Bonchev–Trinajstić information content (AvgIpc) is 3.36. The number of aromatic nitrogens is 2. The minimum Gasteiger partial charge on any atom is -0.489 e. The third kappa shape index (κ3) is 5.12. The molecule has 1 aliphatic rings. The number of ether oxygens (including phenoxy) is 2. The summed E-state index contributed by atoms with van der Waals surface area (Å²) in [5, 5.41) is 4.09. The summed E-state index contributed by atoms with van der Waals surface area (Å²) in [7, 11) is 0. The molecular formula is C27H23FN2O3. The predicted octanol–water partition coefficient (Wildman–Crippen LogP) is 6.77. The number of hydrogen-bond donors (Lipinski definition) is 0. The summed E-state index contributed by atoms with van der Waals surface area (Å²) in [5.41, 5.74) is 2.71. The van der Waals surface area contributed by atoms with Crippen molar-refractivity contribution in [3.05, 3.63) is 96.3 Å². The summed E-state index contributed by atoms with van der Waals surface area (Å²) in [6.45, 7) is 0.508. The molecule has 0 saturated carbocycles. The molecule has 3 aromatic carbocycles. The van der Waals surface area contributed by atoms with E-state index >= 15 is 0 Å². The van der Waals surface area contributed by atoms with Crippen molar-refractivity contribution in [1.82, 2.24) is 10.1 Å². The topological polar surface area (TPSA) is 57.4 Å². The van der Waals surface area contributed by atoms with Crippen molar-refractivity contribution in [3.63, 3.8) is 0 Å². The second-order valence-corrected chi connectivity index (χ2v) is 7.87. The van der Waals surface area contributed by atoms with E-state index in [1.807, 2.05) is 66.7 Å². The highest BCUT2D eigenvalue weighted by Gasteiger charge is 2.19. The Morgan fingerprint density at radius 1 is 0.879 bits per heavy atom. The van der Waals surface area contributed by atoms with Crippen LogP contribution in [0.4, 0.5) is 4.39 Å². The Bertz CT molecular complexity index is 1220. The van der Waals surface area contributed by atoms with Crippen LogP contribution >= 0.6 is 0 Å². The van der Waals surface area contributed by atoms with Crippen LogP contribution in [0, 0.1) is 0 Å². The van der Waals surface area contributed by atoms with Gasteiger partial charge in [0.05, 0.1) is 0 Å². The Morgan fingerprint density at radius 3 is 2.36 bits per heavy atom. The lowest BCUT2D eigenvalue weighted by molar-refractivity contribution is 0.187. The predicted molar refractivity (Wildman–Crippen MR) is 123 cm³/mol. The molecule has 1 atom stereocenters. The molecule has 0 radical (unpaired) electrons. The van der Waals surface area contributed by atoms with Crippen molar-refractivity contribution in [3.8, 4) is 34.3 Å². The number of nitrogens with zero attached hydrogens (tertiary/aromatic N) is 2. The highest BCUT2D eigenvalue weighted by molar-refractivity contribution is 5.61. The van der Waals surface area contributed by atoms with E-state index in [2.05, 4.69) is 10.1 Å². The molecule has 33 heavy (non-hydrogen) atoms. The van der Waals surface area contributed by atoms with Gasteiger partial charge < -0.3 is 14.0 Å². The first-order chi connectivity index (χ1) is 16.2. The monoisotopic (exact) mass is 442 g/mol. The molecule has 0 saturated heterocycles. The van der Waals surface area contributed by atoms with Crippen LogP contribution in [-0.2, 0) is 6.61 Å². The Balaban J connectivity index is 1.22. The van der Waals surface area contributed by atoms with Gasteiger partial charge in [0.15, 0.2) is 0 Å². The van der Waals surface area contributed by atoms with E-state index < -0.39 is 6.10 Å². The molecule has 6 heteroatoms. The molecular weight excluding hydrogens is 419 g/mol. The van der Waals surface area contributed by atoms with Crippen LogP contribution in [0.3, 0.4) is 0 Å². The van der Waals surface area contributed by atoms with Crippen molar-refractivity contribution in [2.24, 2.45) is 0 Å². The first-order valence-electron chi connectivity index (χ1n) is 11.0. The number of rotatable bonds is 7. The lowest BCUT2D eigenvalue weighted by Crippen LogP contribution is -2.19. The van der Waals surface area contributed by atoms with Gasteiger partial charge in [-0.05, 0) is 79.4 Å². The fourth-order valence-electron chi connectivity index (χ4n) is 3.67. The zero-order valence-corrected chi connectivity index (χ0v) is 18.0. The second-order valence-electron chi connectivity index (χ2n) is 7.87. The third-order valence-electron chi connectivity index (χ3n) is 5.48. The minimum absolute atomic E-state index is 0.190. The SMILES string of the molecule is FC1=CCCCC1Oc1ccc(-c2noc(-c3ccc(OCc4ccccc4)cc3)n2)cc1. The molecule has 0 fully saturated rings. The van der Waals surface area contributed by atoms with Crippen LogP contribution < -0.4 is 9.47 Å². The fraction of sp³-hybridized carbons (Fsp3) is 0.185. The zero-order valence-electron chi connectivity index (χ0n) is 18.0. The first kappa shape index (κ1) is 20.9. The number of benzene rings is 3. The maximum atomic E-state index is 13.9. The minimum atomic E-state index is -0.499. The van der Waals surface area contributed by atoms with Gasteiger partial charge in [0, 0.05) is 11.1 Å². The lowest BCUT2D eigenvalue weighted by atomic mass is 10.0. The molecule has 1 heterocycles. The van der Waals surface area contributed by atoms with Gasteiger partial charge in [-0.15, -0.1) is 0 Å². The van der Waals surface area contributed by atoms with E-state index in [0.29, 0.717) is 30.5 Å². The second kappa shape index (κ2) is 9.69. The molecule has 0 N–H and O–H groups in total. The summed E-state index contributed by atoms with van der Waals surface area (Å²) in [5.74, 6) is 2.09. The van der Waals surface area contributed by atoms with E-state index in [1.54, 1.807) is 18.2 Å². The van der Waals surface area contributed by atoms with Crippen LogP contribution in [0.1, 0.15) is 24.8 Å². The molecule has 0 amide bonds. The summed E-state index contributed by atoms with van der Waals surface area (Å²) < 4.78 is 30.9. The summed E-state index contributed by atoms with van der Waals surface area (Å²) in [6.07, 6.45) is 3.50. The summed E-state index contributed by atoms with van der Waals surface area (Å²) in [6, 6.07) is 24.8. The number of hydrogen-bond acceptors (Lipinski definition) is 5. The Labute approximate surface area is 191 Å². The molecule has 0 aliphatic heterocycles. The molecule has 0 bridgehead atoms. The van der Waals surface area contributed by atoms with Crippen molar-refractivity contribution < 1.29 is 18.4 Å². The number of allylic oxidation sites excluding steroid dienone is 1. The van der Waals surface area contributed by atoms with E-state index in [1.165, 1.54) is 0 Å². The maximum Gasteiger partial charge on any atom is 0.258 e. The van der Waals surface area contributed by atoms with Gasteiger partial charge >= 0.3 is 0 Å². The van der Waals surface area contributed by atoms with Crippen LogP contribution in [0.5, 0.6) is 11.5 Å². The Hall–Kier alpha value is -3.93. The van der Waals surface area contributed by atoms with Crippen LogP contribution in [0.2, 0.25) is 0 Å². The first-order valence-corrected chi connectivity index (χ1v) is 11.0.